The molecule has 0 aromatic heterocycles. The average molecular weight is 323 g/mol. The predicted molar refractivity (Wildman–Crippen MR) is 88.2 cm³/mol. The van der Waals surface area contributed by atoms with Gasteiger partial charge in [0, 0.05) is 5.69 Å². The Bertz CT molecular complexity index is 728. The van der Waals surface area contributed by atoms with Crippen molar-refractivity contribution in [3.8, 4) is 12.1 Å². The van der Waals surface area contributed by atoms with Gasteiger partial charge in [0.05, 0.1) is 12.1 Å². The van der Waals surface area contributed by atoms with Crippen molar-refractivity contribution in [3.05, 3.63) is 35.4 Å². The number of carbonyl (C=O) groups is 2. The van der Waals surface area contributed by atoms with E-state index in [-0.39, 0.29) is 18.7 Å². The molecule has 0 saturated carbocycles. The third kappa shape index (κ3) is 3.90. The van der Waals surface area contributed by atoms with Crippen molar-refractivity contribution >= 4 is 23.6 Å². The summed E-state index contributed by atoms with van der Waals surface area (Å²) < 4.78 is 0. The van der Waals surface area contributed by atoms with Crippen LogP contribution in [-0.2, 0) is 9.59 Å². The zero-order valence-corrected chi connectivity index (χ0v) is 13.5. The Morgan fingerprint density at radius 2 is 1.54 bits per heavy atom. The maximum absolute atomic E-state index is 12.0. The number of nitrogens with zero attached hydrogens (tertiary/aromatic N) is 3. The fraction of sp³-hybridized carbons (Fsp3) is 0.294. The highest BCUT2D eigenvalue weighted by atomic mass is 16.2. The first-order valence-corrected chi connectivity index (χ1v) is 7.32. The summed E-state index contributed by atoms with van der Waals surface area (Å²) in [6.45, 7) is 3.61. The third-order valence-corrected chi connectivity index (χ3v) is 3.43. The van der Waals surface area contributed by atoms with Gasteiger partial charge in [-0.15, -0.1) is 0 Å². The number of hydrogen-bond acceptors (Lipinski definition) is 5. The second-order valence-electron chi connectivity index (χ2n) is 5.86. The summed E-state index contributed by atoms with van der Waals surface area (Å²) >= 11 is 0. The van der Waals surface area contributed by atoms with Crippen molar-refractivity contribution in [2.75, 3.05) is 18.0 Å². The van der Waals surface area contributed by atoms with E-state index in [4.69, 9.17) is 10.5 Å². The molecule has 1 aromatic carbocycles. The molecule has 0 spiro atoms. The van der Waals surface area contributed by atoms with Gasteiger partial charge in [-0.05, 0) is 37.6 Å². The highest BCUT2D eigenvalue weighted by Crippen LogP contribution is 2.18. The number of nitrogens with one attached hydrogen (secondary N) is 2. The van der Waals surface area contributed by atoms with Gasteiger partial charge in [0.25, 0.3) is 11.8 Å². The van der Waals surface area contributed by atoms with Crippen molar-refractivity contribution < 1.29 is 9.59 Å². The SMILES string of the molecule is CC1(C)NC(=O)C(=Cc2ccc(N(CC#N)CC#N)cc2)C(=O)N1. The number of anilines is 1. The Balaban J connectivity index is 2.22. The van der Waals surface area contributed by atoms with E-state index in [9.17, 15) is 9.59 Å². The maximum atomic E-state index is 12.0. The fourth-order valence-electron chi connectivity index (χ4n) is 2.33. The van der Waals surface area contributed by atoms with Crippen LogP contribution in [0.1, 0.15) is 19.4 Å². The largest absolute Gasteiger partial charge is 0.345 e. The van der Waals surface area contributed by atoms with Crippen LogP contribution < -0.4 is 15.5 Å². The lowest BCUT2D eigenvalue weighted by Gasteiger charge is -2.32. The van der Waals surface area contributed by atoms with Gasteiger partial charge in [0.1, 0.15) is 24.3 Å². The first-order valence-electron chi connectivity index (χ1n) is 7.32. The Kier molecular flexibility index (Phi) is 4.86. The van der Waals surface area contributed by atoms with Gasteiger partial charge in [0.2, 0.25) is 0 Å². The molecule has 7 heteroatoms. The average Bonchev–Trinajstić information content (AvgIpc) is 2.50. The minimum atomic E-state index is -0.773. The van der Waals surface area contributed by atoms with E-state index in [0.29, 0.717) is 5.56 Å². The summed E-state index contributed by atoms with van der Waals surface area (Å²) in [6.07, 6.45) is 1.50. The molecule has 0 aliphatic carbocycles. The Labute approximate surface area is 140 Å². The van der Waals surface area contributed by atoms with Crippen LogP contribution in [0.25, 0.3) is 6.08 Å². The van der Waals surface area contributed by atoms with Crippen LogP contribution in [0.4, 0.5) is 5.69 Å². The molecule has 2 N–H and O–H groups in total. The van der Waals surface area contributed by atoms with Gasteiger partial charge in [0.15, 0.2) is 0 Å². The molecule has 2 rings (SSSR count). The summed E-state index contributed by atoms with van der Waals surface area (Å²) in [5, 5.41) is 23.0. The minimum Gasteiger partial charge on any atom is -0.345 e. The smallest absolute Gasteiger partial charge is 0.258 e. The summed E-state index contributed by atoms with van der Waals surface area (Å²) in [6, 6.07) is 10.9. The van der Waals surface area contributed by atoms with E-state index in [2.05, 4.69) is 10.6 Å². The Morgan fingerprint density at radius 1 is 1.04 bits per heavy atom. The summed E-state index contributed by atoms with van der Waals surface area (Å²) in [7, 11) is 0. The topological polar surface area (TPSA) is 109 Å². The van der Waals surface area contributed by atoms with E-state index < -0.39 is 17.5 Å². The highest BCUT2D eigenvalue weighted by molar-refractivity contribution is 6.23. The molecule has 0 unspecified atom stereocenters. The van der Waals surface area contributed by atoms with Crippen molar-refractivity contribution in [2.24, 2.45) is 0 Å². The number of carbonyl (C=O) groups excluding carboxylic acids is 2. The van der Waals surface area contributed by atoms with Crippen LogP contribution in [0.2, 0.25) is 0 Å². The minimum absolute atomic E-state index is 0.0352. The monoisotopic (exact) mass is 323 g/mol. The van der Waals surface area contributed by atoms with Gasteiger partial charge in [-0.1, -0.05) is 12.1 Å². The van der Waals surface area contributed by atoms with Crippen LogP contribution in [0, 0.1) is 22.7 Å². The van der Waals surface area contributed by atoms with Crippen LogP contribution in [-0.4, -0.2) is 30.6 Å². The number of amides is 2. The third-order valence-electron chi connectivity index (χ3n) is 3.43. The first-order chi connectivity index (χ1) is 11.4. The molecular weight excluding hydrogens is 306 g/mol. The van der Waals surface area contributed by atoms with E-state index >= 15 is 0 Å². The van der Waals surface area contributed by atoms with Crippen molar-refractivity contribution in [1.29, 1.82) is 10.5 Å². The normalized spacial score (nSPS) is 15.6. The molecular formula is C17H17N5O2. The van der Waals surface area contributed by atoms with E-state index in [1.165, 1.54) is 6.08 Å². The van der Waals surface area contributed by atoms with Crippen molar-refractivity contribution in [1.82, 2.24) is 10.6 Å². The van der Waals surface area contributed by atoms with Gasteiger partial charge in [-0.2, -0.15) is 10.5 Å². The van der Waals surface area contributed by atoms with E-state index in [1.807, 2.05) is 12.1 Å². The number of benzene rings is 1. The van der Waals surface area contributed by atoms with E-state index in [0.717, 1.165) is 5.69 Å². The molecule has 1 fully saturated rings. The zero-order chi connectivity index (χ0) is 17.7. The summed E-state index contributed by atoms with van der Waals surface area (Å²) in [5.74, 6) is -0.855. The summed E-state index contributed by atoms with van der Waals surface area (Å²) in [5.41, 5.74) is 0.657. The molecule has 1 saturated heterocycles. The van der Waals surface area contributed by atoms with Crippen LogP contribution in [0.15, 0.2) is 29.8 Å². The Morgan fingerprint density at radius 3 is 2.00 bits per heavy atom. The number of nitriles is 2. The molecule has 0 bridgehead atoms. The van der Waals surface area contributed by atoms with Gasteiger partial charge in [-0.3, -0.25) is 9.59 Å². The lowest BCUT2D eigenvalue weighted by Crippen LogP contribution is -2.62. The maximum Gasteiger partial charge on any atom is 0.258 e. The van der Waals surface area contributed by atoms with Crippen LogP contribution >= 0.6 is 0 Å². The number of rotatable bonds is 4. The molecule has 0 atom stereocenters. The zero-order valence-electron chi connectivity index (χ0n) is 13.5. The molecule has 7 nitrogen and oxygen atoms in total. The fourth-order valence-corrected chi connectivity index (χ4v) is 2.33. The molecule has 2 amide bonds. The molecule has 1 aliphatic heterocycles. The second kappa shape index (κ2) is 6.84. The molecule has 1 aromatic rings. The van der Waals surface area contributed by atoms with Crippen molar-refractivity contribution in [3.63, 3.8) is 0 Å². The van der Waals surface area contributed by atoms with Crippen LogP contribution in [0.5, 0.6) is 0 Å². The quantitative estimate of drug-likeness (QED) is 0.486. The lowest BCUT2D eigenvalue weighted by molar-refractivity contribution is -0.129. The molecule has 122 valence electrons. The van der Waals surface area contributed by atoms with Gasteiger partial charge >= 0.3 is 0 Å². The summed E-state index contributed by atoms with van der Waals surface area (Å²) in [4.78, 5) is 25.7. The Hall–Kier alpha value is -3.32. The lowest BCUT2D eigenvalue weighted by atomic mass is 10.0. The van der Waals surface area contributed by atoms with Gasteiger partial charge < -0.3 is 15.5 Å². The van der Waals surface area contributed by atoms with Gasteiger partial charge in [-0.25, -0.2) is 0 Å². The molecule has 24 heavy (non-hydrogen) atoms. The molecule has 1 aliphatic rings. The predicted octanol–water partition coefficient (Wildman–Crippen LogP) is 0.906. The second-order valence-corrected chi connectivity index (χ2v) is 5.86. The number of hydrogen-bond donors (Lipinski definition) is 2. The molecule has 1 heterocycles. The van der Waals surface area contributed by atoms with E-state index in [1.54, 1.807) is 43.0 Å². The highest BCUT2D eigenvalue weighted by Gasteiger charge is 2.33. The standard InChI is InChI=1S/C17H17N5O2/c1-17(2)20-15(23)14(16(24)21-17)11-12-3-5-13(6-4-12)22(9-7-18)10-8-19/h3-6,11H,9-10H2,1-2H3,(H,20,23)(H,21,24). The molecule has 0 radical (unpaired) electrons. The van der Waals surface area contributed by atoms with Crippen molar-refractivity contribution in [2.45, 2.75) is 19.5 Å². The van der Waals surface area contributed by atoms with Crippen LogP contribution in [0.3, 0.4) is 0 Å². The first kappa shape index (κ1) is 17.0.